The van der Waals surface area contributed by atoms with E-state index in [4.69, 9.17) is 0 Å². The van der Waals surface area contributed by atoms with E-state index < -0.39 is 0 Å². The van der Waals surface area contributed by atoms with Gasteiger partial charge in [-0.3, -0.25) is 14.4 Å². The zero-order chi connectivity index (χ0) is 18.8. The molecule has 0 bridgehead atoms. The van der Waals surface area contributed by atoms with Crippen molar-refractivity contribution >= 4 is 17.4 Å². The number of carbonyl (C=O) groups excluding carboxylic acids is 1. The van der Waals surface area contributed by atoms with Gasteiger partial charge in [0.1, 0.15) is 11.6 Å². The van der Waals surface area contributed by atoms with Gasteiger partial charge in [0.15, 0.2) is 0 Å². The molecule has 1 saturated heterocycles. The van der Waals surface area contributed by atoms with Crippen molar-refractivity contribution in [3.63, 3.8) is 0 Å². The van der Waals surface area contributed by atoms with Crippen LogP contribution < -0.4 is 10.2 Å². The van der Waals surface area contributed by atoms with Crippen LogP contribution in [0.2, 0.25) is 0 Å². The fourth-order valence-electron chi connectivity index (χ4n) is 3.33. The van der Waals surface area contributed by atoms with Crippen molar-refractivity contribution < 1.29 is 4.79 Å². The molecule has 0 unspecified atom stereocenters. The smallest absolute Gasteiger partial charge is 0.238 e. The quantitative estimate of drug-likeness (QED) is 0.886. The van der Waals surface area contributed by atoms with Gasteiger partial charge in [-0.15, -0.1) is 0 Å². The lowest BCUT2D eigenvalue weighted by Crippen LogP contribution is -2.49. The van der Waals surface area contributed by atoms with Crippen molar-refractivity contribution in [2.24, 2.45) is 7.05 Å². The van der Waals surface area contributed by atoms with Gasteiger partial charge in [-0.05, 0) is 27.7 Å². The summed E-state index contributed by atoms with van der Waals surface area (Å²) in [5.41, 5.74) is 3.62. The average molecular weight is 357 g/mol. The standard InChI is InChI=1S/C18H27N7O/c1-12-10-16(20-15(4)19-12)25-8-6-24(7-9-25)11-17(26)21-18-13(2)22-23(5)14(18)3/h10H,6-9,11H2,1-5H3,(H,21,26). The molecule has 0 atom stereocenters. The lowest BCUT2D eigenvalue weighted by atomic mass is 10.2. The van der Waals surface area contributed by atoms with Crippen molar-refractivity contribution in [2.75, 3.05) is 42.9 Å². The molecule has 0 spiro atoms. The minimum absolute atomic E-state index is 0.00590. The first-order valence-electron chi connectivity index (χ1n) is 8.93. The molecule has 8 nitrogen and oxygen atoms in total. The van der Waals surface area contributed by atoms with Crippen LogP contribution >= 0.6 is 0 Å². The highest BCUT2D eigenvalue weighted by atomic mass is 16.2. The highest BCUT2D eigenvalue weighted by Crippen LogP contribution is 2.19. The highest BCUT2D eigenvalue weighted by molar-refractivity contribution is 5.93. The summed E-state index contributed by atoms with van der Waals surface area (Å²) in [5, 5.41) is 7.34. The van der Waals surface area contributed by atoms with Crippen molar-refractivity contribution in [2.45, 2.75) is 27.7 Å². The molecule has 0 aromatic carbocycles. The number of nitrogens with one attached hydrogen (secondary N) is 1. The summed E-state index contributed by atoms with van der Waals surface area (Å²) >= 11 is 0. The minimum Gasteiger partial charge on any atom is -0.354 e. The lowest BCUT2D eigenvalue weighted by molar-refractivity contribution is -0.117. The Kier molecular flexibility index (Phi) is 5.22. The Bertz CT molecular complexity index is 786. The van der Waals surface area contributed by atoms with Crippen molar-refractivity contribution in [1.29, 1.82) is 0 Å². The van der Waals surface area contributed by atoms with Crippen molar-refractivity contribution in [3.8, 4) is 0 Å². The molecular formula is C18H27N7O. The number of hydrogen-bond acceptors (Lipinski definition) is 6. The summed E-state index contributed by atoms with van der Waals surface area (Å²) in [6.45, 7) is 11.5. The number of aromatic nitrogens is 4. The van der Waals surface area contributed by atoms with Gasteiger partial charge in [-0.1, -0.05) is 0 Å². The maximum atomic E-state index is 12.4. The molecule has 0 radical (unpaired) electrons. The lowest BCUT2D eigenvalue weighted by Gasteiger charge is -2.35. The normalized spacial score (nSPS) is 15.3. The van der Waals surface area contributed by atoms with E-state index in [0.717, 1.165) is 60.6 Å². The van der Waals surface area contributed by atoms with Gasteiger partial charge in [0, 0.05) is 45.0 Å². The first-order valence-corrected chi connectivity index (χ1v) is 8.93. The molecule has 1 aliphatic heterocycles. The Hall–Kier alpha value is -2.48. The number of aryl methyl sites for hydroxylation is 4. The summed E-state index contributed by atoms with van der Waals surface area (Å²) in [4.78, 5) is 25.7. The number of anilines is 2. The zero-order valence-corrected chi connectivity index (χ0v) is 16.2. The molecule has 1 amide bonds. The summed E-state index contributed by atoms with van der Waals surface area (Å²) < 4.78 is 1.79. The second-order valence-corrected chi connectivity index (χ2v) is 6.90. The third kappa shape index (κ3) is 4.01. The largest absolute Gasteiger partial charge is 0.354 e. The molecule has 2 aromatic heterocycles. The number of amides is 1. The molecule has 26 heavy (non-hydrogen) atoms. The van der Waals surface area contributed by atoms with Gasteiger partial charge >= 0.3 is 0 Å². The fraction of sp³-hybridized carbons (Fsp3) is 0.556. The first kappa shape index (κ1) is 18.3. The van der Waals surface area contributed by atoms with E-state index in [1.807, 2.05) is 40.8 Å². The third-order valence-corrected chi connectivity index (χ3v) is 4.79. The van der Waals surface area contributed by atoms with Crippen LogP contribution in [0, 0.1) is 27.7 Å². The van der Waals surface area contributed by atoms with E-state index >= 15 is 0 Å². The summed E-state index contributed by atoms with van der Waals surface area (Å²) in [6.07, 6.45) is 0. The zero-order valence-electron chi connectivity index (χ0n) is 16.2. The fourth-order valence-corrected chi connectivity index (χ4v) is 3.33. The summed E-state index contributed by atoms with van der Waals surface area (Å²) in [5.74, 6) is 1.77. The molecule has 8 heteroatoms. The molecule has 1 N–H and O–H groups in total. The first-order chi connectivity index (χ1) is 12.3. The number of nitrogens with zero attached hydrogens (tertiary/aromatic N) is 6. The number of carbonyl (C=O) groups is 1. The molecular weight excluding hydrogens is 330 g/mol. The van der Waals surface area contributed by atoms with Gasteiger partial charge in [-0.2, -0.15) is 5.10 Å². The predicted molar refractivity (Wildman–Crippen MR) is 101 cm³/mol. The van der Waals surface area contributed by atoms with Gasteiger partial charge in [0.2, 0.25) is 5.91 Å². The van der Waals surface area contributed by atoms with Crippen molar-refractivity contribution in [3.05, 3.63) is 29.0 Å². The molecule has 1 aliphatic rings. The molecule has 1 fully saturated rings. The maximum absolute atomic E-state index is 12.4. The van der Waals surface area contributed by atoms with Crippen LogP contribution in [0.3, 0.4) is 0 Å². The molecule has 3 rings (SSSR count). The molecule has 140 valence electrons. The van der Waals surface area contributed by atoms with Crippen LogP contribution in [0.25, 0.3) is 0 Å². The Labute approximate surface area is 154 Å². The van der Waals surface area contributed by atoms with Crippen LogP contribution in [-0.2, 0) is 11.8 Å². The Balaban J connectivity index is 1.54. The van der Waals surface area contributed by atoms with Gasteiger partial charge in [-0.25, -0.2) is 9.97 Å². The van der Waals surface area contributed by atoms with E-state index in [1.54, 1.807) is 4.68 Å². The number of piperazine rings is 1. The minimum atomic E-state index is 0.00590. The molecule has 0 aliphatic carbocycles. The second kappa shape index (κ2) is 7.41. The predicted octanol–water partition coefficient (Wildman–Crippen LogP) is 1.20. The van der Waals surface area contributed by atoms with E-state index in [2.05, 4.69) is 30.2 Å². The Morgan fingerprint density at radius 3 is 2.38 bits per heavy atom. The molecule has 3 heterocycles. The van der Waals surface area contributed by atoms with Gasteiger partial charge in [0.05, 0.1) is 23.6 Å². The van der Waals surface area contributed by atoms with Crippen LogP contribution in [0.4, 0.5) is 11.5 Å². The number of hydrogen-bond donors (Lipinski definition) is 1. The second-order valence-electron chi connectivity index (χ2n) is 6.90. The Morgan fingerprint density at radius 2 is 1.81 bits per heavy atom. The summed E-state index contributed by atoms with van der Waals surface area (Å²) in [6, 6.07) is 2.02. The average Bonchev–Trinajstić information content (AvgIpc) is 2.81. The van der Waals surface area contributed by atoms with E-state index in [0.29, 0.717) is 6.54 Å². The maximum Gasteiger partial charge on any atom is 0.238 e. The van der Waals surface area contributed by atoms with E-state index in [-0.39, 0.29) is 5.91 Å². The number of rotatable bonds is 4. The topological polar surface area (TPSA) is 79.2 Å². The van der Waals surface area contributed by atoms with Crippen LogP contribution in [0.15, 0.2) is 6.07 Å². The monoisotopic (exact) mass is 357 g/mol. The third-order valence-electron chi connectivity index (χ3n) is 4.79. The van der Waals surface area contributed by atoms with E-state index in [9.17, 15) is 4.79 Å². The highest BCUT2D eigenvalue weighted by Gasteiger charge is 2.21. The van der Waals surface area contributed by atoms with Crippen molar-refractivity contribution in [1.82, 2.24) is 24.6 Å². The SMILES string of the molecule is Cc1cc(N2CCN(CC(=O)Nc3c(C)nn(C)c3C)CC2)nc(C)n1. The molecule has 2 aromatic rings. The molecule has 0 saturated carbocycles. The van der Waals surface area contributed by atoms with Crippen LogP contribution in [0.1, 0.15) is 22.9 Å². The Morgan fingerprint density at radius 1 is 1.12 bits per heavy atom. The van der Waals surface area contributed by atoms with Crippen LogP contribution in [-0.4, -0.2) is 63.3 Å². The van der Waals surface area contributed by atoms with Crippen LogP contribution in [0.5, 0.6) is 0 Å². The van der Waals surface area contributed by atoms with E-state index in [1.165, 1.54) is 0 Å². The van der Waals surface area contributed by atoms with Gasteiger partial charge < -0.3 is 10.2 Å². The van der Waals surface area contributed by atoms with Gasteiger partial charge in [0.25, 0.3) is 0 Å². The summed E-state index contributed by atoms with van der Waals surface area (Å²) in [7, 11) is 1.88.